The third kappa shape index (κ3) is 4.92. The zero-order valence-corrected chi connectivity index (χ0v) is 9.61. The molecule has 0 aliphatic rings. The minimum Gasteiger partial charge on any atom is -0.379 e. The number of hydrogen-bond acceptors (Lipinski definition) is 3. The first-order valence-electron chi connectivity index (χ1n) is 5.51. The monoisotopic (exact) mass is 219 g/mol. The summed E-state index contributed by atoms with van der Waals surface area (Å²) in [5, 5.41) is 8.63. The second kappa shape index (κ2) is 7.86. The van der Waals surface area contributed by atoms with Crippen molar-refractivity contribution in [2.24, 2.45) is 0 Å². The zero-order valence-electron chi connectivity index (χ0n) is 9.61. The van der Waals surface area contributed by atoms with Gasteiger partial charge in [0.2, 0.25) is 0 Å². The quantitative estimate of drug-likeness (QED) is 0.662. The molecule has 0 saturated heterocycles. The Morgan fingerprint density at radius 2 is 1.75 bits per heavy atom. The standard InChI is InChI=1S/C13H17NO2/c1-2-7-15-8-9-16-11-13-5-3-12(10-14)4-6-13/h3-6H,2,7-9,11H2,1H3. The summed E-state index contributed by atoms with van der Waals surface area (Å²) in [5.74, 6) is 0. The SMILES string of the molecule is CCCOCCOCc1ccc(C#N)cc1. The molecule has 0 atom stereocenters. The predicted molar refractivity (Wildman–Crippen MR) is 61.9 cm³/mol. The Kier molecular flexibility index (Phi) is 6.24. The molecule has 0 amide bonds. The molecule has 0 aliphatic heterocycles. The lowest BCUT2D eigenvalue weighted by atomic mass is 10.2. The highest BCUT2D eigenvalue weighted by Crippen LogP contribution is 2.04. The van der Waals surface area contributed by atoms with Gasteiger partial charge < -0.3 is 9.47 Å². The van der Waals surface area contributed by atoms with Gasteiger partial charge in [0.15, 0.2) is 0 Å². The van der Waals surface area contributed by atoms with Gasteiger partial charge in [0, 0.05) is 6.61 Å². The first-order valence-corrected chi connectivity index (χ1v) is 5.51. The van der Waals surface area contributed by atoms with Crippen LogP contribution in [0.5, 0.6) is 0 Å². The first kappa shape index (κ1) is 12.7. The molecule has 86 valence electrons. The Labute approximate surface area is 96.6 Å². The third-order valence-electron chi connectivity index (χ3n) is 2.07. The smallest absolute Gasteiger partial charge is 0.0991 e. The molecule has 1 aromatic rings. The minimum atomic E-state index is 0.571. The lowest BCUT2D eigenvalue weighted by Crippen LogP contribution is -2.04. The van der Waals surface area contributed by atoms with Gasteiger partial charge in [0.25, 0.3) is 0 Å². The molecule has 0 aromatic heterocycles. The largest absolute Gasteiger partial charge is 0.379 e. The molecular formula is C13H17NO2. The molecule has 3 nitrogen and oxygen atoms in total. The molecule has 0 heterocycles. The van der Waals surface area contributed by atoms with Crippen molar-refractivity contribution >= 4 is 0 Å². The zero-order chi connectivity index (χ0) is 11.6. The van der Waals surface area contributed by atoms with E-state index in [1.807, 2.05) is 12.1 Å². The third-order valence-corrected chi connectivity index (χ3v) is 2.07. The molecular weight excluding hydrogens is 202 g/mol. The molecule has 0 spiro atoms. The van der Waals surface area contributed by atoms with E-state index in [0.29, 0.717) is 25.4 Å². The van der Waals surface area contributed by atoms with Crippen molar-refractivity contribution in [3.8, 4) is 6.07 Å². The summed E-state index contributed by atoms with van der Waals surface area (Å²) in [5.41, 5.74) is 1.75. The Morgan fingerprint density at radius 3 is 2.38 bits per heavy atom. The lowest BCUT2D eigenvalue weighted by Gasteiger charge is -2.05. The van der Waals surface area contributed by atoms with Crippen LogP contribution in [0.2, 0.25) is 0 Å². The van der Waals surface area contributed by atoms with E-state index in [-0.39, 0.29) is 0 Å². The van der Waals surface area contributed by atoms with Crippen molar-refractivity contribution in [1.29, 1.82) is 5.26 Å². The van der Waals surface area contributed by atoms with Gasteiger partial charge in [0.1, 0.15) is 0 Å². The average Bonchev–Trinajstić information content (AvgIpc) is 2.34. The summed E-state index contributed by atoms with van der Waals surface area (Å²) in [6.45, 7) is 4.70. The Morgan fingerprint density at radius 1 is 1.06 bits per heavy atom. The fourth-order valence-corrected chi connectivity index (χ4v) is 1.23. The van der Waals surface area contributed by atoms with Gasteiger partial charge in [-0.2, -0.15) is 5.26 Å². The molecule has 0 bridgehead atoms. The maximum absolute atomic E-state index is 8.63. The second-order valence-electron chi connectivity index (χ2n) is 3.47. The summed E-state index contributed by atoms with van der Waals surface area (Å²) in [4.78, 5) is 0. The van der Waals surface area contributed by atoms with E-state index in [9.17, 15) is 0 Å². The number of nitrogens with zero attached hydrogens (tertiary/aromatic N) is 1. The first-order chi connectivity index (χ1) is 7.86. The number of ether oxygens (including phenoxy) is 2. The van der Waals surface area contributed by atoms with Gasteiger partial charge in [-0.25, -0.2) is 0 Å². The molecule has 1 aromatic carbocycles. The van der Waals surface area contributed by atoms with Gasteiger partial charge in [-0.1, -0.05) is 19.1 Å². The van der Waals surface area contributed by atoms with Crippen molar-refractivity contribution in [3.63, 3.8) is 0 Å². The van der Waals surface area contributed by atoms with E-state index in [1.165, 1.54) is 0 Å². The molecule has 0 N–H and O–H groups in total. The van der Waals surface area contributed by atoms with E-state index in [0.717, 1.165) is 18.6 Å². The van der Waals surface area contributed by atoms with Crippen molar-refractivity contribution < 1.29 is 9.47 Å². The second-order valence-corrected chi connectivity index (χ2v) is 3.47. The molecule has 0 radical (unpaired) electrons. The van der Waals surface area contributed by atoms with Crippen LogP contribution in [0.3, 0.4) is 0 Å². The maximum atomic E-state index is 8.63. The maximum Gasteiger partial charge on any atom is 0.0991 e. The molecule has 16 heavy (non-hydrogen) atoms. The summed E-state index contributed by atoms with van der Waals surface area (Å²) in [6.07, 6.45) is 1.04. The summed E-state index contributed by atoms with van der Waals surface area (Å²) >= 11 is 0. The topological polar surface area (TPSA) is 42.2 Å². The highest BCUT2D eigenvalue weighted by molar-refractivity contribution is 5.31. The molecule has 0 saturated carbocycles. The Hall–Kier alpha value is -1.37. The summed E-state index contributed by atoms with van der Waals surface area (Å²) in [7, 11) is 0. The molecule has 0 unspecified atom stereocenters. The highest BCUT2D eigenvalue weighted by atomic mass is 16.5. The molecule has 3 heteroatoms. The van der Waals surface area contributed by atoms with Gasteiger partial charge in [0.05, 0.1) is 31.5 Å². The normalized spacial score (nSPS) is 10.0. The number of nitriles is 1. The number of hydrogen-bond donors (Lipinski definition) is 0. The molecule has 0 aliphatic carbocycles. The number of benzene rings is 1. The Bertz CT molecular complexity index is 327. The van der Waals surface area contributed by atoms with E-state index in [2.05, 4.69) is 13.0 Å². The fourth-order valence-electron chi connectivity index (χ4n) is 1.23. The van der Waals surface area contributed by atoms with E-state index in [1.54, 1.807) is 12.1 Å². The van der Waals surface area contributed by atoms with Crippen molar-refractivity contribution in [1.82, 2.24) is 0 Å². The average molecular weight is 219 g/mol. The summed E-state index contributed by atoms with van der Waals surface area (Å²) in [6, 6.07) is 9.50. The molecule has 0 fully saturated rings. The van der Waals surface area contributed by atoms with Crippen LogP contribution < -0.4 is 0 Å². The van der Waals surface area contributed by atoms with Crippen LogP contribution in [0.1, 0.15) is 24.5 Å². The van der Waals surface area contributed by atoms with Gasteiger partial charge in [-0.3, -0.25) is 0 Å². The van der Waals surface area contributed by atoms with E-state index in [4.69, 9.17) is 14.7 Å². The van der Waals surface area contributed by atoms with Gasteiger partial charge in [-0.05, 0) is 24.1 Å². The van der Waals surface area contributed by atoms with E-state index >= 15 is 0 Å². The van der Waals surface area contributed by atoms with Crippen LogP contribution in [-0.2, 0) is 16.1 Å². The van der Waals surface area contributed by atoms with Gasteiger partial charge >= 0.3 is 0 Å². The number of rotatable bonds is 7. The summed E-state index contributed by atoms with van der Waals surface area (Å²) < 4.78 is 10.7. The van der Waals surface area contributed by atoms with Crippen LogP contribution in [0.15, 0.2) is 24.3 Å². The van der Waals surface area contributed by atoms with Crippen LogP contribution in [0.4, 0.5) is 0 Å². The van der Waals surface area contributed by atoms with Crippen LogP contribution >= 0.6 is 0 Å². The Balaban J connectivity index is 2.15. The fraction of sp³-hybridized carbons (Fsp3) is 0.462. The predicted octanol–water partition coefficient (Wildman–Crippen LogP) is 2.50. The minimum absolute atomic E-state index is 0.571. The lowest BCUT2D eigenvalue weighted by molar-refractivity contribution is 0.0408. The van der Waals surface area contributed by atoms with Crippen molar-refractivity contribution in [2.45, 2.75) is 20.0 Å². The van der Waals surface area contributed by atoms with Crippen LogP contribution in [-0.4, -0.2) is 19.8 Å². The van der Waals surface area contributed by atoms with Crippen LogP contribution in [0.25, 0.3) is 0 Å². The van der Waals surface area contributed by atoms with Crippen molar-refractivity contribution in [2.75, 3.05) is 19.8 Å². The molecule has 1 rings (SSSR count). The highest BCUT2D eigenvalue weighted by Gasteiger charge is 1.94. The van der Waals surface area contributed by atoms with E-state index < -0.39 is 0 Å². The van der Waals surface area contributed by atoms with Crippen molar-refractivity contribution in [3.05, 3.63) is 35.4 Å². The van der Waals surface area contributed by atoms with Crippen LogP contribution in [0, 0.1) is 11.3 Å². The van der Waals surface area contributed by atoms with Gasteiger partial charge in [-0.15, -0.1) is 0 Å².